The minimum Gasteiger partial charge on any atom is -0.377 e. The van der Waals surface area contributed by atoms with E-state index in [0.717, 1.165) is 32.5 Å². The molecule has 0 radical (unpaired) electrons. The predicted octanol–water partition coefficient (Wildman–Crippen LogP) is 1.77. The van der Waals surface area contributed by atoms with Gasteiger partial charge < -0.3 is 4.74 Å². The Balaban J connectivity index is 2.00. The predicted molar refractivity (Wildman–Crippen MR) is 75.8 cm³/mol. The molecular weight excluding hydrogens is 238 g/mol. The largest absolute Gasteiger partial charge is 0.377 e. The smallest absolute Gasteiger partial charge is 0.122 e. The molecule has 1 aliphatic heterocycles. The van der Waals surface area contributed by atoms with Crippen LogP contribution in [0, 0.1) is 17.2 Å². The van der Waals surface area contributed by atoms with Crippen molar-refractivity contribution < 1.29 is 4.74 Å². The topological polar surface area (TPSA) is 48.3 Å². The van der Waals surface area contributed by atoms with Crippen molar-refractivity contribution in [2.24, 2.45) is 5.92 Å². The lowest BCUT2D eigenvalue weighted by Gasteiger charge is -2.36. The number of nitrogens with one attached hydrogen (secondary N) is 1. The molecule has 0 spiro atoms. The van der Waals surface area contributed by atoms with E-state index in [1.807, 2.05) is 0 Å². The Kier molecular flexibility index (Phi) is 4.83. The second-order valence-corrected chi connectivity index (χ2v) is 6.13. The second kappa shape index (κ2) is 6.21. The maximum atomic E-state index is 9.70. The van der Waals surface area contributed by atoms with Crippen LogP contribution in [0.2, 0.25) is 0 Å². The Bertz CT molecular complexity index is 337. The Morgan fingerprint density at radius 3 is 2.63 bits per heavy atom. The molecule has 0 aromatic heterocycles. The molecule has 4 heteroatoms. The van der Waals surface area contributed by atoms with Gasteiger partial charge in [0.05, 0.1) is 12.2 Å². The highest BCUT2D eigenvalue weighted by Crippen LogP contribution is 2.40. The lowest BCUT2D eigenvalue weighted by molar-refractivity contribution is 0.0743. The summed E-state index contributed by atoms with van der Waals surface area (Å²) in [6.45, 7) is 6.88. The normalized spacial score (nSPS) is 30.3. The first kappa shape index (κ1) is 14.8. The Labute approximate surface area is 117 Å². The average molecular weight is 265 g/mol. The molecule has 0 bridgehead atoms. The van der Waals surface area contributed by atoms with Crippen molar-refractivity contribution in [2.75, 3.05) is 26.7 Å². The number of likely N-dealkylation sites (N-methyl/N-ethyl adjacent to an activating group) is 1. The standard InChI is InChI=1S/C15H27N3O/c1-4-8-17-15(10-16,13-5-6-13)11-18(3)14-7-9-19-12(14)2/h12-14,17H,4-9,11H2,1-3H3. The van der Waals surface area contributed by atoms with Crippen LogP contribution in [0.1, 0.15) is 39.5 Å². The molecule has 0 aromatic carbocycles. The summed E-state index contributed by atoms with van der Waals surface area (Å²) in [5.41, 5.74) is -0.354. The molecule has 1 saturated carbocycles. The molecule has 1 aliphatic carbocycles. The van der Waals surface area contributed by atoms with Gasteiger partial charge >= 0.3 is 0 Å². The first-order valence-electron chi connectivity index (χ1n) is 7.61. The molecule has 2 rings (SSSR count). The fourth-order valence-electron chi connectivity index (χ4n) is 3.23. The van der Waals surface area contributed by atoms with Gasteiger partial charge in [-0.05, 0) is 52.1 Å². The summed E-state index contributed by atoms with van der Waals surface area (Å²) in [4.78, 5) is 2.34. The molecule has 4 nitrogen and oxygen atoms in total. The minimum atomic E-state index is -0.354. The quantitative estimate of drug-likeness (QED) is 0.762. The van der Waals surface area contributed by atoms with Crippen molar-refractivity contribution in [1.82, 2.24) is 10.2 Å². The van der Waals surface area contributed by atoms with Crippen LogP contribution in [-0.2, 0) is 4.74 Å². The van der Waals surface area contributed by atoms with E-state index in [0.29, 0.717) is 12.0 Å². The van der Waals surface area contributed by atoms with E-state index < -0.39 is 0 Å². The summed E-state index contributed by atoms with van der Waals surface area (Å²) >= 11 is 0. The number of hydrogen-bond donors (Lipinski definition) is 1. The number of nitriles is 1. The van der Waals surface area contributed by atoms with Gasteiger partial charge in [0.1, 0.15) is 5.54 Å². The van der Waals surface area contributed by atoms with Gasteiger partial charge in [0.15, 0.2) is 0 Å². The third kappa shape index (κ3) is 3.28. The molecule has 2 fully saturated rings. The van der Waals surface area contributed by atoms with E-state index in [9.17, 15) is 5.26 Å². The van der Waals surface area contributed by atoms with Gasteiger partial charge in [-0.2, -0.15) is 5.26 Å². The van der Waals surface area contributed by atoms with E-state index in [-0.39, 0.29) is 11.6 Å². The van der Waals surface area contributed by atoms with Crippen molar-refractivity contribution in [2.45, 2.75) is 57.2 Å². The van der Waals surface area contributed by atoms with Crippen LogP contribution in [-0.4, -0.2) is 49.3 Å². The third-order valence-corrected chi connectivity index (χ3v) is 4.57. The average Bonchev–Trinajstić information content (AvgIpc) is 3.17. The zero-order valence-corrected chi connectivity index (χ0v) is 12.5. The van der Waals surface area contributed by atoms with E-state index >= 15 is 0 Å². The summed E-state index contributed by atoms with van der Waals surface area (Å²) in [7, 11) is 2.14. The number of hydrogen-bond acceptors (Lipinski definition) is 4. The summed E-state index contributed by atoms with van der Waals surface area (Å²) in [5, 5.41) is 13.2. The Morgan fingerprint density at radius 1 is 1.42 bits per heavy atom. The zero-order valence-electron chi connectivity index (χ0n) is 12.5. The van der Waals surface area contributed by atoms with Crippen LogP contribution in [0.3, 0.4) is 0 Å². The Hall–Kier alpha value is -0.630. The van der Waals surface area contributed by atoms with Crippen LogP contribution < -0.4 is 5.32 Å². The van der Waals surface area contributed by atoms with E-state index in [1.54, 1.807) is 0 Å². The monoisotopic (exact) mass is 265 g/mol. The fraction of sp³-hybridized carbons (Fsp3) is 0.933. The van der Waals surface area contributed by atoms with E-state index in [2.05, 4.69) is 37.2 Å². The van der Waals surface area contributed by atoms with Crippen molar-refractivity contribution in [1.29, 1.82) is 5.26 Å². The molecule has 0 aromatic rings. The number of nitrogens with zero attached hydrogens (tertiary/aromatic N) is 2. The van der Waals surface area contributed by atoms with Gasteiger partial charge in [0.2, 0.25) is 0 Å². The maximum Gasteiger partial charge on any atom is 0.122 e. The first-order valence-corrected chi connectivity index (χ1v) is 7.61. The van der Waals surface area contributed by atoms with Crippen LogP contribution in [0.4, 0.5) is 0 Å². The van der Waals surface area contributed by atoms with Crippen molar-refractivity contribution in [3.8, 4) is 6.07 Å². The van der Waals surface area contributed by atoms with Crippen molar-refractivity contribution in [3.63, 3.8) is 0 Å². The lowest BCUT2D eigenvalue weighted by atomic mass is 9.93. The number of ether oxygens (including phenoxy) is 1. The summed E-state index contributed by atoms with van der Waals surface area (Å²) in [5.74, 6) is 0.532. The maximum absolute atomic E-state index is 9.70. The molecule has 108 valence electrons. The summed E-state index contributed by atoms with van der Waals surface area (Å²) in [6, 6.07) is 3.04. The third-order valence-electron chi connectivity index (χ3n) is 4.57. The molecule has 3 unspecified atom stereocenters. The van der Waals surface area contributed by atoms with Crippen molar-refractivity contribution in [3.05, 3.63) is 0 Å². The zero-order chi connectivity index (χ0) is 13.9. The summed E-state index contributed by atoms with van der Waals surface area (Å²) < 4.78 is 5.65. The van der Waals surface area contributed by atoms with Gasteiger partial charge in [-0.1, -0.05) is 6.92 Å². The van der Waals surface area contributed by atoms with Gasteiger partial charge in [0.25, 0.3) is 0 Å². The Morgan fingerprint density at radius 2 is 2.16 bits per heavy atom. The van der Waals surface area contributed by atoms with Gasteiger partial charge in [-0.15, -0.1) is 0 Å². The highest BCUT2D eigenvalue weighted by atomic mass is 16.5. The van der Waals surface area contributed by atoms with Crippen LogP contribution in [0.25, 0.3) is 0 Å². The molecule has 2 aliphatic rings. The molecule has 1 N–H and O–H groups in total. The molecule has 0 amide bonds. The first-order chi connectivity index (χ1) is 9.13. The molecular formula is C15H27N3O. The van der Waals surface area contributed by atoms with Gasteiger partial charge in [0, 0.05) is 19.2 Å². The van der Waals surface area contributed by atoms with Crippen molar-refractivity contribution >= 4 is 0 Å². The molecule has 3 atom stereocenters. The second-order valence-electron chi connectivity index (χ2n) is 6.13. The SMILES string of the molecule is CCCNC(C#N)(CN(C)C1CCOC1C)C1CC1. The highest BCUT2D eigenvalue weighted by molar-refractivity contribution is 5.17. The van der Waals surface area contributed by atoms with E-state index in [1.165, 1.54) is 12.8 Å². The van der Waals surface area contributed by atoms with Crippen LogP contribution in [0.5, 0.6) is 0 Å². The van der Waals surface area contributed by atoms with E-state index in [4.69, 9.17) is 4.74 Å². The van der Waals surface area contributed by atoms with Gasteiger partial charge in [-0.3, -0.25) is 10.2 Å². The molecule has 1 heterocycles. The van der Waals surface area contributed by atoms with Gasteiger partial charge in [-0.25, -0.2) is 0 Å². The molecule has 19 heavy (non-hydrogen) atoms. The number of rotatable bonds is 7. The molecule has 1 saturated heterocycles. The van der Waals surface area contributed by atoms with Crippen LogP contribution >= 0.6 is 0 Å². The lowest BCUT2D eigenvalue weighted by Crippen LogP contribution is -2.56. The fourth-order valence-corrected chi connectivity index (χ4v) is 3.23. The minimum absolute atomic E-state index is 0.284. The summed E-state index contributed by atoms with van der Waals surface area (Å²) in [6.07, 6.45) is 4.82. The van der Waals surface area contributed by atoms with Crippen LogP contribution in [0.15, 0.2) is 0 Å². The highest BCUT2D eigenvalue weighted by Gasteiger charge is 2.47.